The van der Waals surface area contributed by atoms with Crippen molar-refractivity contribution in [3.8, 4) is 0 Å². The molecule has 0 saturated heterocycles. The molecule has 122 valence electrons. The average Bonchev–Trinajstić information content (AvgIpc) is 2.58. The molecule has 0 spiro atoms. The lowest BCUT2D eigenvalue weighted by Gasteiger charge is -2.07. The van der Waals surface area contributed by atoms with E-state index in [1.807, 2.05) is 18.3 Å². The topological polar surface area (TPSA) is 80.0 Å². The summed E-state index contributed by atoms with van der Waals surface area (Å²) >= 11 is 0. The van der Waals surface area contributed by atoms with Crippen LogP contribution in [0.5, 0.6) is 0 Å². The van der Waals surface area contributed by atoms with Crippen molar-refractivity contribution in [3.63, 3.8) is 0 Å². The molecule has 2 rings (SSSR count). The van der Waals surface area contributed by atoms with Crippen LogP contribution in [0.4, 0.5) is 5.69 Å². The number of aryl methyl sites for hydroxylation is 2. The summed E-state index contributed by atoms with van der Waals surface area (Å²) in [5.41, 5.74) is 10.1. The van der Waals surface area contributed by atoms with E-state index in [1.54, 1.807) is 0 Å². The highest BCUT2D eigenvalue weighted by Gasteiger charge is 1.99. The van der Waals surface area contributed by atoms with E-state index in [9.17, 15) is 4.79 Å². The van der Waals surface area contributed by atoms with Gasteiger partial charge in [-0.2, -0.15) is 0 Å². The highest BCUT2D eigenvalue weighted by atomic mass is 16.1. The molecule has 0 unspecified atom stereocenters. The lowest BCUT2D eigenvalue weighted by Crippen LogP contribution is -2.26. The van der Waals surface area contributed by atoms with Gasteiger partial charge in [0.2, 0.25) is 5.91 Å². The summed E-state index contributed by atoms with van der Waals surface area (Å²) in [7, 11) is 0. The number of nitrogens with one attached hydrogen (secondary N) is 2. The molecule has 0 aliphatic carbocycles. The molecule has 0 atom stereocenters. The highest BCUT2D eigenvalue weighted by Crippen LogP contribution is 2.10. The fraction of sp³-hybridized carbons (Fsp3) is 0.333. The van der Waals surface area contributed by atoms with E-state index in [0.29, 0.717) is 19.6 Å². The normalized spacial score (nSPS) is 10.3. The molecule has 0 radical (unpaired) electrons. The van der Waals surface area contributed by atoms with Crippen molar-refractivity contribution < 1.29 is 4.79 Å². The fourth-order valence-corrected chi connectivity index (χ4v) is 2.24. The van der Waals surface area contributed by atoms with Gasteiger partial charge in [-0.1, -0.05) is 24.3 Å². The van der Waals surface area contributed by atoms with E-state index in [-0.39, 0.29) is 5.91 Å². The average molecular weight is 312 g/mol. The molecule has 0 aliphatic heterocycles. The maximum atomic E-state index is 10.8. The van der Waals surface area contributed by atoms with Gasteiger partial charge in [-0.05, 0) is 36.1 Å². The number of aromatic nitrogens is 1. The SMILES string of the molecule is CC(=O)NCCNc1ccc(CCc2ccc(CN)cc2)nc1. The van der Waals surface area contributed by atoms with E-state index in [2.05, 4.69) is 39.9 Å². The molecule has 1 aromatic heterocycles. The number of carbonyl (C=O) groups is 1. The Balaban J connectivity index is 1.76. The quantitative estimate of drug-likeness (QED) is 0.650. The van der Waals surface area contributed by atoms with Crippen LogP contribution in [0.1, 0.15) is 23.7 Å². The number of pyridine rings is 1. The molecule has 1 amide bonds. The predicted molar refractivity (Wildman–Crippen MR) is 93.2 cm³/mol. The number of hydrogen-bond donors (Lipinski definition) is 3. The molecular formula is C18H24N4O. The first-order valence-electron chi connectivity index (χ1n) is 7.88. The second-order valence-corrected chi connectivity index (χ2v) is 5.47. The second kappa shape index (κ2) is 8.90. The fourth-order valence-electron chi connectivity index (χ4n) is 2.24. The lowest BCUT2D eigenvalue weighted by atomic mass is 10.1. The van der Waals surface area contributed by atoms with E-state index in [4.69, 9.17) is 5.73 Å². The Kier molecular flexibility index (Phi) is 6.56. The standard InChI is InChI=1S/C18H24N4O/c1-14(23)20-10-11-21-18-9-8-17(22-13-18)7-6-15-2-4-16(12-19)5-3-15/h2-5,8-9,13,21H,6-7,10-12,19H2,1H3,(H,20,23). The second-order valence-electron chi connectivity index (χ2n) is 5.47. The van der Waals surface area contributed by atoms with E-state index < -0.39 is 0 Å². The van der Waals surface area contributed by atoms with Crippen LogP contribution in [-0.4, -0.2) is 24.0 Å². The Morgan fingerprint density at radius 1 is 1.04 bits per heavy atom. The zero-order chi connectivity index (χ0) is 16.5. The Morgan fingerprint density at radius 3 is 2.39 bits per heavy atom. The number of hydrogen-bond acceptors (Lipinski definition) is 4. The molecule has 0 bridgehead atoms. The largest absolute Gasteiger partial charge is 0.382 e. The molecule has 5 nitrogen and oxygen atoms in total. The number of rotatable bonds is 8. The Bertz CT molecular complexity index is 608. The third-order valence-electron chi connectivity index (χ3n) is 3.58. The first-order chi connectivity index (χ1) is 11.2. The maximum Gasteiger partial charge on any atom is 0.216 e. The number of amides is 1. The molecule has 4 N–H and O–H groups in total. The van der Waals surface area contributed by atoms with Gasteiger partial charge in [0.15, 0.2) is 0 Å². The maximum absolute atomic E-state index is 10.8. The zero-order valence-electron chi connectivity index (χ0n) is 13.5. The van der Waals surface area contributed by atoms with Crippen molar-refractivity contribution in [3.05, 3.63) is 59.4 Å². The summed E-state index contributed by atoms with van der Waals surface area (Å²) in [5, 5.41) is 5.97. The summed E-state index contributed by atoms with van der Waals surface area (Å²) < 4.78 is 0. The van der Waals surface area contributed by atoms with Gasteiger partial charge in [-0.25, -0.2) is 0 Å². The third-order valence-corrected chi connectivity index (χ3v) is 3.58. The summed E-state index contributed by atoms with van der Waals surface area (Å²) in [6.07, 6.45) is 3.71. The van der Waals surface area contributed by atoms with Crippen LogP contribution in [0, 0.1) is 0 Å². The molecular weight excluding hydrogens is 288 g/mol. The summed E-state index contributed by atoms with van der Waals surface area (Å²) in [6.45, 7) is 3.39. The monoisotopic (exact) mass is 312 g/mol. The number of benzene rings is 1. The van der Waals surface area contributed by atoms with E-state index in [1.165, 1.54) is 12.5 Å². The van der Waals surface area contributed by atoms with Gasteiger partial charge in [0, 0.05) is 32.3 Å². The minimum Gasteiger partial charge on any atom is -0.382 e. The first kappa shape index (κ1) is 17.0. The van der Waals surface area contributed by atoms with Crippen LogP contribution in [0.2, 0.25) is 0 Å². The van der Waals surface area contributed by atoms with Gasteiger partial charge in [-0.15, -0.1) is 0 Å². The number of carbonyl (C=O) groups excluding carboxylic acids is 1. The Morgan fingerprint density at radius 2 is 1.78 bits per heavy atom. The lowest BCUT2D eigenvalue weighted by molar-refractivity contribution is -0.118. The smallest absolute Gasteiger partial charge is 0.216 e. The summed E-state index contributed by atoms with van der Waals surface area (Å²) in [4.78, 5) is 15.2. The zero-order valence-corrected chi connectivity index (χ0v) is 13.5. The van der Waals surface area contributed by atoms with E-state index >= 15 is 0 Å². The molecule has 1 aromatic carbocycles. The number of anilines is 1. The van der Waals surface area contributed by atoms with Gasteiger partial charge < -0.3 is 16.4 Å². The Hall–Kier alpha value is -2.40. The molecule has 0 aliphatic rings. The van der Waals surface area contributed by atoms with Gasteiger partial charge >= 0.3 is 0 Å². The van der Waals surface area contributed by atoms with Crippen molar-refractivity contribution in [1.29, 1.82) is 0 Å². The predicted octanol–water partition coefficient (Wildman–Crippen LogP) is 1.87. The van der Waals surface area contributed by atoms with Crippen LogP contribution in [0.25, 0.3) is 0 Å². The molecule has 5 heteroatoms. The van der Waals surface area contributed by atoms with Gasteiger partial charge in [0.25, 0.3) is 0 Å². The van der Waals surface area contributed by atoms with Crippen molar-refractivity contribution in [2.24, 2.45) is 5.73 Å². The third kappa shape index (κ3) is 6.08. The number of nitrogens with zero attached hydrogens (tertiary/aromatic N) is 1. The van der Waals surface area contributed by atoms with Crippen LogP contribution >= 0.6 is 0 Å². The molecule has 2 aromatic rings. The van der Waals surface area contributed by atoms with Crippen molar-refractivity contribution >= 4 is 11.6 Å². The van der Waals surface area contributed by atoms with Crippen LogP contribution in [-0.2, 0) is 24.2 Å². The minimum absolute atomic E-state index is 0.0141. The van der Waals surface area contributed by atoms with Gasteiger partial charge in [0.05, 0.1) is 11.9 Å². The molecule has 0 saturated carbocycles. The Labute approximate surface area is 137 Å². The van der Waals surface area contributed by atoms with Gasteiger partial charge in [-0.3, -0.25) is 9.78 Å². The van der Waals surface area contributed by atoms with Gasteiger partial charge in [0.1, 0.15) is 0 Å². The molecule has 1 heterocycles. The first-order valence-corrected chi connectivity index (χ1v) is 7.88. The summed E-state index contributed by atoms with van der Waals surface area (Å²) in [5.74, 6) is -0.0141. The van der Waals surface area contributed by atoms with Crippen molar-refractivity contribution in [1.82, 2.24) is 10.3 Å². The van der Waals surface area contributed by atoms with Crippen molar-refractivity contribution in [2.45, 2.75) is 26.3 Å². The minimum atomic E-state index is -0.0141. The van der Waals surface area contributed by atoms with Crippen LogP contribution in [0.3, 0.4) is 0 Å². The number of nitrogens with two attached hydrogens (primary N) is 1. The van der Waals surface area contributed by atoms with E-state index in [0.717, 1.165) is 29.8 Å². The summed E-state index contributed by atoms with van der Waals surface area (Å²) in [6, 6.07) is 12.5. The molecule has 0 fully saturated rings. The van der Waals surface area contributed by atoms with Crippen LogP contribution in [0.15, 0.2) is 42.6 Å². The van der Waals surface area contributed by atoms with Crippen LogP contribution < -0.4 is 16.4 Å². The highest BCUT2D eigenvalue weighted by molar-refractivity contribution is 5.72. The van der Waals surface area contributed by atoms with Crippen molar-refractivity contribution in [2.75, 3.05) is 18.4 Å². The molecule has 23 heavy (non-hydrogen) atoms.